The number of nitrogens with zero attached hydrogens (tertiary/aromatic N) is 3. The van der Waals surface area contributed by atoms with E-state index in [1.54, 1.807) is 16.9 Å². The Kier molecular flexibility index (Phi) is 3.94. The van der Waals surface area contributed by atoms with E-state index in [2.05, 4.69) is 15.6 Å². The third kappa shape index (κ3) is 3.00. The summed E-state index contributed by atoms with van der Waals surface area (Å²) in [4.78, 5) is 10.6. The van der Waals surface area contributed by atoms with Gasteiger partial charge in [-0.25, -0.2) is 9.31 Å². The molecular formula is C16H16N4O3. The summed E-state index contributed by atoms with van der Waals surface area (Å²) in [6, 6.07) is 7.68. The molecule has 118 valence electrons. The van der Waals surface area contributed by atoms with Gasteiger partial charge in [0.15, 0.2) is 0 Å². The molecule has 0 fully saturated rings. The number of benzene rings is 1. The Hall–Kier alpha value is -2.93. The summed E-state index contributed by atoms with van der Waals surface area (Å²) in [5, 5.41) is 28.3. The highest BCUT2D eigenvalue weighted by atomic mass is 16.4. The van der Waals surface area contributed by atoms with Crippen molar-refractivity contribution in [1.82, 2.24) is 20.1 Å². The Labute approximate surface area is 132 Å². The van der Waals surface area contributed by atoms with Crippen LogP contribution < -0.4 is 5.32 Å². The quantitative estimate of drug-likeness (QED) is 0.684. The van der Waals surface area contributed by atoms with Crippen LogP contribution >= 0.6 is 0 Å². The van der Waals surface area contributed by atoms with Crippen LogP contribution in [-0.4, -0.2) is 31.1 Å². The summed E-state index contributed by atoms with van der Waals surface area (Å²) in [6.07, 6.45) is 2.38. The molecule has 2 aromatic heterocycles. The Bertz CT molecular complexity index is 873. The lowest BCUT2D eigenvalue weighted by molar-refractivity contribution is 0.194. The zero-order valence-electron chi connectivity index (χ0n) is 12.5. The number of hydrogen-bond acceptors (Lipinski definition) is 4. The average molecular weight is 312 g/mol. The first-order chi connectivity index (χ1) is 11.1. The van der Waals surface area contributed by atoms with E-state index >= 15 is 0 Å². The molecule has 3 rings (SSSR count). The predicted molar refractivity (Wildman–Crippen MR) is 83.9 cm³/mol. The van der Waals surface area contributed by atoms with E-state index in [0.717, 1.165) is 33.3 Å². The van der Waals surface area contributed by atoms with Gasteiger partial charge in [-0.1, -0.05) is 23.4 Å². The number of carbonyl (C=O) groups is 1. The van der Waals surface area contributed by atoms with Crippen LogP contribution in [0.15, 0.2) is 36.7 Å². The second kappa shape index (κ2) is 6.05. The standard InChI is InChI=1S/C16H16N4O3/c1-10-4-12(2-3-13(10)6-17-16(22)23)14-7-18-19-20-8-11(9-21)5-15(14)20/h2-5,7-8,17,21H,6,9H2,1H3,(H,22,23). The van der Waals surface area contributed by atoms with E-state index in [9.17, 15) is 9.90 Å². The minimum atomic E-state index is -1.04. The van der Waals surface area contributed by atoms with Gasteiger partial charge in [0.25, 0.3) is 0 Å². The highest BCUT2D eigenvalue weighted by molar-refractivity contribution is 5.80. The molecule has 0 unspecified atom stereocenters. The van der Waals surface area contributed by atoms with E-state index in [-0.39, 0.29) is 13.2 Å². The fourth-order valence-corrected chi connectivity index (χ4v) is 2.53. The Morgan fingerprint density at radius 3 is 2.87 bits per heavy atom. The van der Waals surface area contributed by atoms with E-state index in [1.165, 1.54) is 0 Å². The molecule has 1 amide bonds. The molecule has 0 aliphatic carbocycles. The van der Waals surface area contributed by atoms with Crippen molar-refractivity contribution in [2.45, 2.75) is 20.1 Å². The fraction of sp³-hybridized carbons (Fsp3) is 0.188. The Morgan fingerprint density at radius 1 is 1.35 bits per heavy atom. The van der Waals surface area contributed by atoms with Crippen LogP contribution in [-0.2, 0) is 13.2 Å². The van der Waals surface area contributed by atoms with Gasteiger partial charge in [0, 0.05) is 18.3 Å². The number of carboxylic acid groups (broad SMARTS) is 1. The normalized spacial score (nSPS) is 10.9. The van der Waals surface area contributed by atoms with Gasteiger partial charge in [-0.2, -0.15) is 0 Å². The van der Waals surface area contributed by atoms with Crippen molar-refractivity contribution in [3.05, 3.63) is 53.3 Å². The molecule has 0 bridgehead atoms. The Morgan fingerprint density at radius 2 is 2.17 bits per heavy atom. The number of nitrogens with one attached hydrogen (secondary N) is 1. The molecule has 3 N–H and O–H groups in total. The molecule has 3 aromatic rings. The Balaban J connectivity index is 2.00. The van der Waals surface area contributed by atoms with Crippen LogP contribution in [0.3, 0.4) is 0 Å². The lowest BCUT2D eigenvalue weighted by Gasteiger charge is -2.09. The minimum Gasteiger partial charge on any atom is -0.465 e. The van der Waals surface area contributed by atoms with Gasteiger partial charge in [0.2, 0.25) is 0 Å². The fourth-order valence-electron chi connectivity index (χ4n) is 2.53. The van der Waals surface area contributed by atoms with Gasteiger partial charge in [-0.3, -0.25) is 0 Å². The highest BCUT2D eigenvalue weighted by Crippen LogP contribution is 2.26. The van der Waals surface area contributed by atoms with Crippen molar-refractivity contribution in [1.29, 1.82) is 0 Å². The first-order valence-electron chi connectivity index (χ1n) is 7.09. The van der Waals surface area contributed by atoms with Crippen LogP contribution in [0, 0.1) is 6.92 Å². The van der Waals surface area contributed by atoms with Crippen LogP contribution in [0.1, 0.15) is 16.7 Å². The van der Waals surface area contributed by atoms with Crippen LogP contribution in [0.25, 0.3) is 16.6 Å². The molecule has 7 nitrogen and oxygen atoms in total. The number of amides is 1. The first kappa shape index (κ1) is 15.0. The van der Waals surface area contributed by atoms with E-state index in [1.807, 2.05) is 31.2 Å². The molecule has 1 aromatic carbocycles. The number of aliphatic hydroxyl groups excluding tert-OH is 1. The summed E-state index contributed by atoms with van der Waals surface area (Å²) in [5.41, 5.74) is 5.40. The van der Waals surface area contributed by atoms with Gasteiger partial charge in [0.1, 0.15) is 0 Å². The maximum Gasteiger partial charge on any atom is 0.404 e. The number of hydrogen-bond donors (Lipinski definition) is 3. The van der Waals surface area contributed by atoms with Crippen molar-refractivity contribution in [2.24, 2.45) is 0 Å². The van der Waals surface area contributed by atoms with Gasteiger partial charge in [-0.05, 0) is 35.2 Å². The average Bonchev–Trinajstić information content (AvgIpc) is 2.96. The third-order valence-electron chi connectivity index (χ3n) is 3.73. The molecule has 0 radical (unpaired) electrons. The number of aliphatic hydroxyl groups is 1. The van der Waals surface area contributed by atoms with E-state index in [0.29, 0.717) is 0 Å². The number of rotatable bonds is 4. The monoisotopic (exact) mass is 312 g/mol. The van der Waals surface area contributed by atoms with Gasteiger partial charge < -0.3 is 15.5 Å². The molecule has 0 aliphatic rings. The molecule has 0 saturated heterocycles. The van der Waals surface area contributed by atoms with Crippen LogP contribution in [0.2, 0.25) is 0 Å². The van der Waals surface area contributed by atoms with Crippen molar-refractivity contribution in [2.75, 3.05) is 0 Å². The van der Waals surface area contributed by atoms with E-state index < -0.39 is 6.09 Å². The lowest BCUT2D eigenvalue weighted by Crippen LogP contribution is -2.20. The molecule has 7 heteroatoms. The zero-order chi connectivity index (χ0) is 16.4. The summed E-state index contributed by atoms with van der Waals surface area (Å²) in [7, 11) is 0. The first-order valence-corrected chi connectivity index (χ1v) is 7.09. The molecule has 0 aliphatic heterocycles. The second-order valence-electron chi connectivity index (χ2n) is 5.28. The van der Waals surface area contributed by atoms with Gasteiger partial charge in [-0.15, -0.1) is 5.10 Å². The summed E-state index contributed by atoms with van der Waals surface area (Å²) in [5.74, 6) is 0. The van der Waals surface area contributed by atoms with Gasteiger partial charge >= 0.3 is 6.09 Å². The minimum absolute atomic E-state index is 0.0539. The highest BCUT2D eigenvalue weighted by Gasteiger charge is 2.10. The molecule has 0 spiro atoms. The van der Waals surface area contributed by atoms with Crippen LogP contribution in [0.5, 0.6) is 0 Å². The molecule has 0 atom stereocenters. The maximum atomic E-state index is 10.6. The molecule has 2 heterocycles. The van der Waals surface area contributed by atoms with Crippen molar-refractivity contribution in [3.8, 4) is 11.1 Å². The van der Waals surface area contributed by atoms with Crippen molar-refractivity contribution >= 4 is 11.6 Å². The summed E-state index contributed by atoms with van der Waals surface area (Å²) < 4.78 is 1.64. The van der Waals surface area contributed by atoms with Gasteiger partial charge in [0.05, 0.1) is 18.3 Å². The predicted octanol–water partition coefficient (Wildman–Crippen LogP) is 1.96. The molecule has 23 heavy (non-hydrogen) atoms. The largest absolute Gasteiger partial charge is 0.465 e. The molecular weight excluding hydrogens is 296 g/mol. The van der Waals surface area contributed by atoms with E-state index in [4.69, 9.17) is 5.11 Å². The van der Waals surface area contributed by atoms with Crippen molar-refractivity contribution < 1.29 is 15.0 Å². The second-order valence-corrected chi connectivity index (χ2v) is 5.28. The zero-order valence-corrected chi connectivity index (χ0v) is 12.5. The number of fused-ring (bicyclic) bond motifs is 1. The number of aromatic nitrogens is 3. The maximum absolute atomic E-state index is 10.6. The van der Waals surface area contributed by atoms with Crippen molar-refractivity contribution in [3.63, 3.8) is 0 Å². The third-order valence-corrected chi connectivity index (χ3v) is 3.73. The summed E-state index contributed by atoms with van der Waals surface area (Å²) >= 11 is 0. The molecule has 0 saturated carbocycles. The topological polar surface area (TPSA) is 99.8 Å². The number of aryl methyl sites for hydroxylation is 1. The summed E-state index contributed by atoms with van der Waals surface area (Å²) in [6.45, 7) is 2.15. The lowest BCUT2D eigenvalue weighted by atomic mass is 10.0. The SMILES string of the molecule is Cc1cc(-c2cnnn3cc(CO)cc23)ccc1CNC(=O)O. The van der Waals surface area contributed by atoms with Crippen LogP contribution in [0.4, 0.5) is 4.79 Å². The smallest absolute Gasteiger partial charge is 0.404 e.